The zero-order valence-electron chi connectivity index (χ0n) is 19.2. The number of rotatable bonds is 10. The number of nitrogens with zero attached hydrogens (tertiary/aromatic N) is 2. The summed E-state index contributed by atoms with van der Waals surface area (Å²) in [6.45, 7) is 4.85. The van der Waals surface area contributed by atoms with Crippen LogP contribution in [0.2, 0.25) is 0 Å². The van der Waals surface area contributed by atoms with Crippen molar-refractivity contribution in [3.63, 3.8) is 0 Å². The lowest BCUT2D eigenvalue weighted by atomic mass is 9.96. The van der Waals surface area contributed by atoms with Crippen LogP contribution in [0.3, 0.4) is 0 Å². The second-order valence-electron chi connectivity index (χ2n) is 8.39. The number of carbonyl (C=O) groups is 3. The summed E-state index contributed by atoms with van der Waals surface area (Å²) in [6, 6.07) is 5.67. The molecule has 1 aliphatic heterocycles. The first-order valence-corrected chi connectivity index (χ1v) is 12.9. The first-order valence-electron chi connectivity index (χ1n) is 11.5. The summed E-state index contributed by atoms with van der Waals surface area (Å²) in [5, 5.41) is 0. The van der Waals surface area contributed by atoms with Gasteiger partial charge in [0.05, 0.1) is 23.7 Å². The number of carbonyl (C=O) groups excluding carboxylic acids is 3. The van der Waals surface area contributed by atoms with Crippen LogP contribution in [-0.2, 0) is 29.1 Å². The van der Waals surface area contributed by atoms with Crippen LogP contribution in [0.4, 0.5) is 0 Å². The van der Waals surface area contributed by atoms with Gasteiger partial charge in [-0.05, 0) is 69.7 Å². The second kappa shape index (κ2) is 11.1. The Hall–Kier alpha value is -2.46. The van der Waals surface area contributed by atoms with Gasteiger partial charge in [0.25, 0.3) is 0 Å². The van der Waals surface area contributed by atoms with E-state index in [4.69, 9.17) is 9.47 Å². The Morgan fingerprint density at radius 1 is 0.970 bits per heavy atom. The molecule has 3 rings (SSSR count). The minimum absolute atomic E-state index is 0.0610. The molecule has 1 heterocycles. The van der Waals surface area contributed by atoms with Gasteiger partial charge >= 0.3 is 11.9 Å². The monoisotopic (exact) mass is 480 g/mol. The number of esters is 2. The molecule has 1 aliphatic carbocycles. The molecule has 0 aromatic heterocycles. The summed E-state index contributed by atoms with van der Waals surface area (Å²) in [6.07, 6.45) is 2.89. The van der Waals surface area contributed by atoms with E-state index in [2.05, 4.69) is 0 Å². The Bertz CT molecular complexity index is 950. The van der Waals surface area contributed by atoms with Crippen molar-refractivity contribution in [1.29, 1.82) is 0 Å². The maximum Gasteiger partial charge on any atom is 0.338 e. The van der Waals surface area contributed by atoms with Crippen molar-refractivity contribution in [2.75, 3.05) is 39.4 Å². The smallest absolute Gasteiger partial charge is 0.338 e. The van der Waals surface area contributed by atoms with Crippen molar-refractivity contribution in [2.45, 2.75) is 44.4 Å². The zero-order valence-corrected chi connectivity index (χ0v) is 20.0. The Labute approximate surface area is 195 Å². The molecule has 0 spiro atoms. The molecule has 2 fully saturated rings. The van der Waals surface area contributed by atoms with Crippen LogP contribution in [0.15, 0.2) is 29.2 Å². The predicted octanol–water partition coefficient (Wildman–Crippen LogP) is 2.07. The minimum Gasteiger partial charge on any atom is -0.465 e. The van der Waals surface area contributed by atoms with E-state index in [1.54, 1.807) is 18.7 Å². The predicted molar refractivity (Wildman–Crippen MR) is 120 cm³/mol. The number of hydrogen-bond donors (Lipinski definition) is 0. The highest BCUT2D eigenvalue weighted by Gasteiger charge is 2.36. The molecule has 182 valence electrons. The molecule has 1 amide bonds. The molecule has 1 saturated heterocycles. The standard InChI is InChI=1S/C23H32N2O7S/c1-3-31-21(26)16-24(15-17-5-6-17)22(27)18-11-13-25(14-12-18)33(29,30)20-9-7-19(8-10-20)23(28)32-4-2/h7-10,17-18H,3-6,11-16H2,1-2H3. The third-order valence-corrected chi connectivity index (χ3v) is 7.83. The van der Waals surface area contributed by atoms with E-state index < -0.39 is 22.0 Å². The van der Waals surface area contributed by atoms with Gasteiger partial charge in [-0.2, -0.15) is 4.31 Å². The minimum atomic E-state index is -3.74. The quantitative estimate of drug-likeness (QED) is 0.472. The topological polar surface area (TPSA) is 110 Å². The molecule has 0 N–H and O–H groups in total. The Kier molecular flexibility index (Phi) is 8.47. The molecule has 1 aromatic rings. The van der Waals surface area contributed by atoms with Crippen LogP contribution >= 0.6 is 0 Å². The third-order valence-electron chi connectivity index (χ3n) is 5.92. The summed E-state index contributed by atoms with van der Waals surface area (Å²) in [5.74, 6) is -0.917. The lowest BCUT2D eigenvalue weighted by Gasteiger charge is -2.33. The molecule has 0 radical (unpaired) electrons. The van der Waals surface area contributed by atoms with Gasteiger partial charge in [0.15, 0.2) is 0 Å². The van der Waals surface area contributed by atoms with Crippen molar-refractivity contribution in [2.24, 2.45) is 11.8 Å². The van der Waals surface area contributed by atoms with Crippen LogP contribution in [0.5, 0.6) is 0 Å². The van der Waals surface area contributed by atoms with Gasteiger partial charge in [-0.1, -0.05) is 0 Å². The Morgan fingerprint density at radius 2 is 1.58 bits per heavy atom. The summed E-state index contributed by atoms with van der Waals surface area (Å²) in [7, 11) is -3.74. The molecule has 10 heteroatoms. The molecule has 2 aliphatic rings. The fourth-order valence-corrected chi connectivity index (χ4v) is 5.40. The van der Waals surface area contributed by atoms with Crippen molar-refractivity contribution in [3.05, 3.63) is 29.8 Å². The molecule has 1 aromatic carbocycles. The van der Waals surface area contributed by atoms with Gasteiger partial charge in [-0.15, -0.1) is 0 Å². The van der Waals surface area contributed by atoms with Gasteiger partial charge in [-0.25, -0.2) is 13.2 Å². The SMILES string of the molecule is CCOC(=O)CN(CC1CC1)C(=O)C1CCN(S(=O)(=O)c2ccc(C(=O)OCC)cc2)CC1. The lowest BCUT2D eigenvalue weighted by Crippen LogP contribution is -2.46. The summed E-state index contributed by atoms with van der Waals surface area (Å²) >= 11 is 0. The largest absolute Gasteiger partial charge is 0.465 e. The molecule has 1 saturated carbocycles. The van der Waals surface area contributed by atoms with Crippen LogP contribution in [0.25, 0.3) is 0 Å². The Morgan fingerprint density at radius 3 is 2.12 bits per heavy atom. The normalized spacial score (nSPS) is 17.4. The second-order valence-corrected chi connectivity index (χ2v) is 10.3. The highest BCUT2D eigenvalue weighted by molar-refractivity contribution is 7.89. The number of ether oxygens (including phenoxy) is 2. The van der Waals surface area contributed by atoms with Gasteiger partial charge in [0, 0.05) is 25.6 Å². The Balaban J connectivity index is 1.60. The van der Waals surface area contributed by atoms with E-state index in [9.17, 15) is 22.8 Å². The number of hydrogen-bond acceptors (Lipinski definition) is 7. The number of sulfonamides is 1. The van der Waals surface area contributed by atoms with Gasteiger partial charge in [0.1, 0.15) is 6.54 Å². The third kappa shape index (κ3) is 6.54. The average molecular weight is 481 g/mol. The highest BCUT2D eigenvalue weighted by atomic mass is 32.2. The zero-order chi connectivity index (χ0) is 24.0. The molecule has 0 bridgehead atoms. The molecule has 9 nitrogen and oxygen atoms in total. The summed E-state index contributed by atoms with van der Waals surface area (Å²) in [4.78, 5) is 38.5. The van der Waals surface area contributed by atoms with E-state index in [1.165, 1.54) is 28.6 Å². The van der Waals surface area contributed by atoms with Gasteiger partial charge < -0.3 is 14.4 Å². The number of benzene rings is 1. The maximum atomic E-state index is 13.1. The number of amides is 1. The average Bonchev–Trinajstić information content (AvgIpc) is 3.63. The first-order chi connectivity index (χ1) is 15.8. The molecule has 0 unspecified atom stereocenters. The van der Waals surface area contributed by atoms with Gasteiger partial charge in [-0.3, -0.25) is 9.59 Å². The van der Waals surface area contributed by atoms with Crippen LogP contribution in [-0.4, -0.2) is 74.9 Å². The molecular formula is C23H32N2O7S. The van der Waals surface area contributed by atoms with Crippen LogP contribution in [0.1, 0.15) is 49.9 Å². The van der Waals surface area contributed by atoms with E-state index in [0.29, 0.717) is 25.3 Å². The van der Waals surface area contributed by atoms with Crippen LogP contribution in [0, 0.1) is 11.8 Å². The fraction of sp³-hybridized carbons (Fsp3) is 0.609. The number of piperidine rings is 1. The summed E-state index contributed by atoms with van der Waals surface area (Å²) < 4.78 is 37.4. The molecule has 33 heavy (non-hydrogen) atoms. The van der Waals surface area contributed by atoms with E-state index >= 15 is 0 Å². The van der Waals surface area contributed by atoms with Crippen molar-refractivity contribution in [1.82, 2.24) is 9.21 Å². The summed E-state index contributed by atoms with van der Waals surface area (Å²) in [5.41, 5.74) is 0.289. The molecule has 0 atom stereocenters. The molecular weight excluding hydrogens is 448 g/mol. The van der Waals surface area contributed by atoms with E-state index in [1.807, 2.05) is 0 Å². The van der Waals surface area contributed by atoms with Gasteiger partial charge in [0.2, 0.25) is 15.9 Å². The fourth-order valence-electron chi connectivity index (χ4n) is 3.93. The maximum absolute atomic E-state index is 13.1. The van der Waals surface area contributed by atoms with Crippen molar-refractivity contribution in [3.8, 4) is 0 Å². The lowest BCUT2D eigenvalue weighted by molar-refractivity contribution is -0.150. The highest BCUT2D eigenvalue weighted by Crippen LogP contribution is 2.31. The van der Waals surface area contributed by atoms with E-state index in [0.717, 1.165) is 12.8 Å². The van der Waals surface area contributed by atoms with Crippen molar-refractivity contribution < 1.29 is 32.3 Å². The van der Waals surface area contributed by atoms with Crippen molar-refractivity contribution >= 4 is 27.9 Å². The van der Waals surface area contributed by atoms with E-state index in [-0.39, 0.29) is 55.1 Å². The first kappa shape index (κ1) is 25.2. The van der Waals surface area contributed by atoms with Crippen LogP contribution < -0.4 is 0 Å².